The predicted octanol–water partition coefficient (Wildman–Crippen LogP) is 4.80. The van der Waals surface area contributed by atoms with Crippen LogP contribution >= 0.6 is 12.2 Å². The van der Waals surface area contributed by atoms with E-state index in [0.717, 1.165) is 41.7 Å². The minimum absolute atomic E-state index is 0.529. The Hall–Kier alpha value is -2.66. The Morgan fingerprint density at radius 3 is 2.67 bits per heavy atom. The third-order valence-electron chi connectivity index (χ3n) is 4.70. The second-order valence-electron chi connectivity index (χ2n) is 6.51. The van der Waals surface area contributed by atoms with E-state index in [1.807, 2.05) is 24.3 Å². The molecular weight excluding hydrogens is 354 g/mol. The molecule has 2 N–H and O–H groups in total. The highest BCUT2D eigenvalue weighted by Gasteiger charge is 2.11. The fourth-order valence-corrected chi connectivity index (χ4v) is 3.33. The molecule has 0 bridgehead atoms. The van der Waals surface area contributed by atoms with Crippen LogP contribution in [0.2, 0.25) is 0 Å². The third kappa shape index (κ3) is 4.95. The van der Waals surface area contributed by atoms with Gasteiger partial charge in [0, 0.05) is 23.8 Å². The van der Waals surface area contributed by atoms with E-state index >= 15 is 0 Å². The first-order chi connectivity index (χ1) is 13.2. The van der Waals surface area contributed by atoms with Crippen LogP contribution in [-0.2, 0) is 6.42 Å². The quantitative estimate of drug-likeness (QED) is 0.578. The Balaban J connectivity index is 1.63. The maximum Gasteiger partial charge on any atom is 0.170 e. The molecule has 0 aliphatic carbocycles. The Morgan fingerprint density at radius 2 is 1.93 bits per heavy atom. The molecule has 1 aromatic heterocycles. The van der Waals surface area contributed by atoms with Gasteiger partial charge < -0.3 is 15.4 Å². The van der Waals surface area contributed by atoms with Crippen molar-refractivity contribution < 1.29 is 4.74 Å². The second-order valence-corrected chi connectivity index (χ2v) is 6.92. The van der Waals surface area contributed by atoms with Gasteiger partial charge in [0.05, 0.1) is 7.11 Å². The third-order valence-corrected chi connectivity index (χ3v) is 4.94. The van der Waals surface area contributed by atoms with Gasteiger partial charge in [0.1, 0.15) is 11.3 Å². The Labute approximate surface area is 166 Å². The maximum absolute atomic E-state index is 5.52. The molecule has 3 aromatic rings. The standard InChI is InChI=1S/C22H25N3OS/c1-3-16(14-17-8-5-4-6-9-17)15-24-22(27)25-19-11-12-20(26-2)21-18(19)10-7-13-23-21/h4-13,16H,3,14-15H2,1-2H3,(H2,24,25,27)/t16-/m0/s1. The van der Waals surface area contributed by atoms with Crippen molar-refractivity contribution in [3.63, 3.8) is 0 Å². The molecule has 0 aliphatic rings. The Kier molecular flexibility index (Phi) is 6.60. The number of hydrogen-bond acceptors (Lipinski definition) is 3. The zero-order valence-corrected chi connectivity index (χ0v) is 16.6. The van der Waals surface area contributed by atoms with E-state index in [0.29, 0.717) is 11.0 Å². The molecule has 0 saturated heterocycles. The molecule has 0 unspecified atom stereocenters. The van der Waals surface area contributed by atoms with Gasteiger partial charge in [-0.1, -0.05) is 43.7 Å². The Bertz CT molecular complexity index is 898. The summed E-state index contributed by atoms with van der Waals surface area (Å²) < 4.78 is 5.40. The summed E-state index contributed by atoms with van der Waals surface area (Å²) in [7, 11) is 1.65. The number of fused-ring (bicyclic) bond motifs is 1. The SMILES string of the molecule is CC[C@H](CNC(=S)Nc1ccc(OC)c2ncccc12)Cc1ccccc1. The number of thiocarbonyl (C=S) groups is 1. The van der Waals surface area contributed by atoms with Gasteiger partial charge in [0.15, 0.2) is 5.11 Å². The van der Waals surface area contributed by atoms with Crippen molar-refractivity contribution in [3.05, 3.63) is 66.4 Å². The first-order valence-electron chi connectivity index (χ1n) is 9.21. The Morgan fingerprint density at radius 1 is 1.11 bits per heavy atom. The van der Waals surface area contributed by atoms with E-state index < -0.39 is 0 Å². The molecule has 140 valence electrons. The first-order valence-corrected chi connectivity index (χ1v) is 9.62. The lowest BCUT2D eigenvalue weighted by atomic mass is 9.97. The van der Waals surface area contributed by atoms with Crippen molar-refractivity contribution >= 4 is 33.9 Å². The lowest BCUT2D eigenvalue weighted by Gasteiger charge is -2.18. The molecule has 0 saturated carbocycles. The number of aromatic nitrogens is 1. The average Bonchev–Trinajstić information content (AvgIpc) is 2.72. The van der Waals surface area contributed by atoms with Crippen LogP contribution in [-0.4, -0.2) is 23.8 Å². The molecule has 5 heteroatoms. The molecule has 0 radical (unpaired) electrons. The van der Waals surface area contributed by atoms with Crippen molar-refractivity contribution in [3.8, 4) is 5.75 Å². The van der Waals surface area contributed by atoms with E-state index in [9.17, 15) is 0 Å². The number of benzene rings is 2. The second kappa shape index (κ2) is 9.33. The van der Waals surface area contributed by atoms with Crippen LogP contribution in [0, 0.1) is 5.92 Å². The summed E-state index contributed by atoms with van der Waals surface area (Å²) in [4.78, 5) is 4.43. The van der Waals surface area contributed by atoms with Crippen LogP contribution in [0.25, 0.3) is 10.9 Å². The van der Waals surface area contributed by atoms with Crippen molar-refractivity contribution in [2.24, 2.45) is 5.92 Å². The number of rotatable bonds is 7. The number of hydrogen-bond donors (Lipinski definition) is 2. The van der Waals surface area contributed by atoms with Crippen LogP contribution in [0.4, 0.5) is 5.69 Å². The van der Waals surface area contributed by atoms with Gasteiger partial charge in [-0.3, -0.25) is 4.98 Å². The highest BCUT2D eigenvalue weighted by Crippen LogP contribution is 2.29. The van der Waals surface area contributed by atoms with Crippen LogP contribution in [0.5, 0.6) is 5.75 Å². The number of nitrogens with one attached hydrogen (secondary N) is 2. The summed E-state index contributed by atoms with van der Waals surface area (Å²) in [5.41, 5.74) is 3.10. The molecular formula is C22H25N3OS. The number of nitrogens with zero attached hydrogens (tertiary/aromatic N) is 1. The van der Waals surface area contributed by atoms with Gasteiger partial charge in [0.25, 0.3) is 0 Å². The molecule has 0 amide bonds. The number of ether oxygens (including phenoxy) is 1. The summed E-state index contributed by atoms with van der Waals surface area (Å²) >= 11 is 5.52. The normalized spacial score (nSPS) is 11.8. The molecule has 4 nitrogen and oxygen atoms in total. The molecule has 3 rings (SSSR count). The number of pyridine rings is 1. The minimum atomic E-state index is 0.529. The summed E-state index contributed by atoms with van der Waals surface area (Å²) in [5.74, 6) is 1.28. The van der Waals surface area contributed by atoms with Crippen LogP contribution in [0.1, 0.15) is 18.9 Å². The summed E-state index contributed by atoms with van der Waals surface area (Å²) in [6, 6.07) is 18.4. The summed E-state index contributed by atoms with van der Waals surface area (Å²) in [6.07, 6.45) is 3.91. The number of anilines is 1. The maximum atomic E-state index is 5.52. The predicted molar refractivity (Wildman–Crippen MR) is 116 cm³/mol. The van der Waals surface area contributed by atoms with E-state index in [2.05, 4.69) is 52.9 Å². The molecule has 1 heterocycles. The topological polar surface area (TPSA) is 46.2 Å². The lowest BCUT2D eigenvalue weighted by molar-refractivity contribution is 0.419. The molecule has 2 aromatic carbocycles. The van der Waals surface area contributed by atoms with Gasteiger partial charge in [-0.2, -0.15) is 0 Å². The van der Waals surface area contributed by atoms with Gasteiger partial charge in [-0.15, -0.1) is 0 Å². The zero-order valence-electron chi connectivity index (χ0n) is 15.7. The van der Waals surface area contributed by atoms with Crippen LogP contribution in [0.15, 0.2) is 60.8 Å². The average molecular weight is 380 g/mol. The molecule has 0 fully saturated rings. The zero-order chi connectivity index (χ0) is 19.1. The fraction of sp³-hybridized carbons (Fsp3) is 0.273. The highest BCUT2D eigenvalue weighted by atomic mass is 32.1. The van der Waals surface area contributed by atoms with Gasteiger partial charge in [-0.25, -0.2) is 0 Å². The van der Waals surface area contributed by atoms with Crippen LogP contribution < -0.4 is 15.4 Å². The van der Waals surface area contributed by atoms with E-state index in [1.165, 1.54) is 5.56 Å². The number of methoxy groups -OCH3 is 1. The minimum Gasteiger partial charge on any atom is -0.494 e. The lowest BCUT2D eigenvalue weighted by Crippen LogP contribution is -2.33. The monoisotopic (exact) mass is 379 g/mol. The van der Waals surface area contributed by atoms with Gasteiger partial charge in [-0.05, 0) is 54.4 Å². The first kappa shape index (κ1) is 19.1. The van der Waals surface area contributed by atoms with Crippen LogP contribution in [0.3, 0.4) is 0 Å². The highest BCUT2D eigenvalue weighted by molar-refractivity contribution is 7.80. The van der Waals surface area contributed by atoms with Crippen molar-refractivity contribution in [1.29, 1.82) is 0 Å². The largest absolute Gasteiger partial charge is 0.494 e. The van der Waals surface area contributed by atoms with E-state index in [1.54, 1.807) is 13.3 Å². The van der Waals surface area contributed by atoms with Crippen molar-refractivity contribution in [2.45, 2.75) is 19.8 Å². The molecule has 0 aliphatic heterocycles. The van der Waals surface area contributed by atoms with Gasteiger partial charge >= 0.3 is 0 Å². The molecule has 27 heavy (non-hydrogen) atoms. The van der Waals surface area contributed by atoms with Crippen molar-refractivity contribution in [1.82, 2.24) is 10.3 Å². The van der Waals surface area contributed by atoms with Gasteiger partial charge in [0.2, 0.25) is 0 Å². The van der Waals surface area contributed by atoms with Crippen molar-refractivity contribution in [2.75, 3.05) is 19.0 Å². The smallest absolute Gasteiger partial charge is 0.170 e. The summed E-state index contributed by atoms with van der Waals surface area (Å²) in [5, 5.41) is 8.27. The summed E-state index contributed by atoms with van der Waals surface area (Å²) in [6.45, 7) is 3.05. The molecule has 0 spiro atoms. The van der Waals surface area contributed by atoms with E-state index in [4.69, 9.17) is 17.0 Å². The fourth-order valence-electron chi connectivity index (χ4n) is 3.13. The van der Waals surface area contributed by atoms with E-state index in [-0.39, 0.29) is 0 Å². The molecule has 1 atom stereocenters.